The Kier molecular flexibility index (Phi) is 6.78. The molecule has 0 aliphatic carbocycles. The molecule has 0 bridgehead atoms. The molecular formula is C9H17NO4. The highest BCUT2D eigenvalue weighted by atomic mass is 16.7. The molecule has 0 unspecified atom stereocenters. The first-order valence-electron chi connectivity index (χ1n) is 4.30. The monoisotopic (exact) mass is 203 g/mol. The lowest BCUT2D eigenvalue weighted by molar-refractivity contribution is -0.112. The molecule has 0 spiro atoms. The van der Waals surface area contributed by atoms with E-state index in [1.165, 1.54) is 19.1 Å². The fraction of sp³-hybridized carbons (Fsp3) is 0.667. The highest BCUT2D eigenvalue weighted by molar-refractivity contribution is 5.65. The van der Waals surface area contributed by atoms with E-state index in [2.05, 4.69) is 0 Å². The van der Waals surface area contributed by atoms with Crippen molar-refractivity contribution >= 4 is 6.09 Å². The summed E-state index contributed by atoms with van der Waals surface area (Å²) in [4.78, 5) is 12.0. The van der Waals surface area contributed by atoms with Gasteiger partial charge in [0, 0.05) is 20.8 Å². The molecular weight excluding hydrogens is 186 g/mol. The van der Waals surface area contributed by atoms with Gasteiger partial charge >= 0.3 is 6.09 Å². The Morgan fingerprint density at radius 3 is 2.43 bits per heavy atom. The van der Waals surface area contributed by atoms with E-state index >= 15 is 0 Å². The first kappa shape index (κ1) is 12.9. The first-order chi connectivity index (χ1) is 6.65. The third-order valence-corrected chi connectivity index (χ3v) is 1.73. The second-order valence-electron chi connectivity index (χ2n) is 2.66. The van der Waals surface area contributed by atoms with E-state index < -0.39 is 12.4 Å². The van der Waals surface area contributed by atoms with Gasteiger partial charge in [-0.05, 0) is 6.92 Å². The van der Waals surface area contributed by atoms with Crippen molar-refractivity contribution in [3.8, 4) is 0 Å². The maximum Gasteiger partial charge on any atom is 0.407 e. The van der Waals surface area contributed by atoms with E-state index in [1.807, 2.05) is 6.92 Å². The quantitative estimate of drug-likeness (QED) is 0.520. The third-order valence-electron chi connectivity index (χ3n) is 1.73. The topological polar surface area (TPSA) is 59.0 Å². The highest BCUT2D eigenvalue weighted by Gasteiger charge is 2.15. The second kappa shape index (κ2) is 7.34. The number of carboxylic acid groups (broad SMARTS) is 1. The van der Waals surface area contributed by atoms with E-state index in [1.54, 1.807) is 12.2 Å². The molecule has 82 valence electrons. The molecule has 0 aliphatic heterocycles. The smallest absolute Gasteiger partial charge is 0.407 e. The van der Waals surface area contributed by atoms with Crippen LogP contribution in [-0.2, 0) is 9.47 Å². The van der Waals surface area contributed by atoms with E-state index in [9.17, 15) is 4.79 Å². The van der Waals surface area contributed by atoms with Gasteiger partial charge in [-0.3, -0.25) is 4.90 Å². The van der Waals surface area contributed by atoms with E-state index in [4.69, 9.17) is 14.6 Å². The van der Waals surface area contributed by atoms with Crippen LogP contribution >= 0.6 is 0 Å². The maximum atomic E-state index is 10.8. The molecule has 1 N–H and O–H groups in total. The highest BCUT2D eigenvalue weighted by Crippen LogP contribution is 1.98. The van der Waals surface area contributed by atoms with Crippen molar-refractivity contribution in [1.29, 1.82) is 0 Å². The summed E-state index contributed by atoms with van der Waals surface area (Å²) in [5.74, 6) is 0. The van der Waals surface area contributed by atoms with Gasteiger partial charge in [-0.2, -0.15) is 0 Å². The summed E-state index contributed by atoms with van der Waals surface area (Å²) in [5, 5.41) is 8.82. The predicted molar refractivity (Wildman–Crippen MR) is 52.2 cm³/mol. The van der Waals surface area contributed by atoms with Crippen LogP contribution in [0.15, 0.2) is 12.2 Å². The van der Waals surface area contributed by atoms with Gasteiger partial charge in [-0.1, -0.05) is 12.2 Å². The van der Waals surface area contributed by atoms with Crippen LogP contribution < -0.4 is 0 Å². The fourth-order valence-electron chi connectivity index (χ4n) is 0.889. The fourth-order valence-corrected chi connectivity index (χ4v) is 0.889. The summed E-state index contributed by atoms with van der Waals surface area (Å²) in [6.45, 7) is 2.38. The number of methoxy groups -OCH3 is 2. The molecule has 14 heavy (non-hydrogen) atoms. The second-order valence-corrected chi connectivity index (χ2v) is 2.66. The van der Waals surface area contributed by atoms with Crippen LogP contribution in [-0.4, -0.2) is 49.7 Å². The number of ether oxygens (including phenoxy) is 2. The zero-order valence-electron chi connectivity index (χ0n) is 8.77. The van der Waals surface area contributed by atoms with Crippen LogP contribution in [0.2, 0.25) is 0 Å². The minimum absolute atomic E-state index is 0.201. The van der Waals surface area contributed by atoms with Crippen LogP contribution in [0.5, 0.6) is 0 Å². The number of carbonyl (C=O) groups is 1. The molecule has 0 heterocycles. The van der Waals surface area contributed by atoms with Gasteiger partial charge in [0.15, 0.2) is 6.29 Å². The van der Waals surface area contributed by atoms with Crippen molar-refractivity contribution in [2.45, 2.75) is 13.2 Å². The number of nitrogens with zero attached hydrogens (tertiary/aromatic N) is 1. The number of allylic oxidation sites excluding steroid dienone is 1. The van der Waals surface area contributed by atoms with Crippen LogP contribution in [0.4, 0.5) is 4.79 Å². The van der Waals surface area contributed by atoms with Gasteiger partial charge in [-0.25, -0.2) is 4.79 Å². The van der Waals surface area contributed by atoms with Gasteiger partial charge in [0.05, 0.1) is 6.54 Å². The van der Waals surface area contributed by atoms with Gasteiger partial charge in [0.1, 0.15) is 0 Å². The van der Waals surface area contributed by atoms with Gasteiger partial charge in [-0.15, -0.1) is 0 Å². The molecule has 0 atom stereocenters. The Balaban J connectivity index is 4.13. The maximum absolute atomic E-state index is 10.8. The lowest BCUT2D eigenvalue weighted by atomic mass is 10.4. The SMILES string of the molecule is CC=CCN(CC(OC)OC)C(=O)O. The van der Waals surface area contributed by atoms with E-state index in [0.29, 0.717) is 6.54 Å². The molecule has 0 radical (unpaired) electrons. The molecule has 1 amide bonds. The summed E-state index contributed by atoms with van der Waals surface area (Å²) in [5.41, 5.74) is 0. The van der Waals surface area contributed by atoms with Crippen molar-refractivity contribution in [2.24, 2.45) is 0 Å². The number of hydrogen-bond donors (Lipinski definition) is 1. The minimum Gasteiger partial charge on any atom is -0.465 e. The van der Waals surface area contributed by atoms with E-state index in [0.717, 1.165) is 0 Å². The molecule has 0 saturated heterocycles. The Morgan fingerprint density at radius 2 is 2.07 bits per heavy atom. The van der Waals surface area contributed by atoms with Gasteiger partial charge in [0.25, 0.3) is 0 Å². The van der Waals surface area contributed by atoms with Crippen LogP contribution in [0, 0.1) is 0 Å². The zero-order chi connectivity index (χ0) is 11.0. The molecule has 0 saturated carbocycles. The first-order valence-corrected chi connectivity index (χ1v) is 4.30. The van der Waals surface area contributed by atoms with E-state index in [-0.39, 0.29) is 6.54 Å². The number of amides is 1. The lowest BCUT2D eigenvalue weighted by Crippen LogP contribution is -2.38. The molecule has 5 heteroatoms. The molecule has 0 rings (SSSR count). The summed E-state index contributed by atoms with van der Waals surface area (Å²) >= 11 is 0. The van der Waals surface area contributed by atoms with Crippen LogP contribution in [0.25, 0.3) is 0 Å². The zero-order valence-corrected chi connectivity index (χ0v) is 8.77. The summed E-state index contributed by atoms with van der Waals surface area (Å²) in [7, 11) is 2.95. The minimum atomic E-state index is -0.984. The van der Waals surface area contributed by atoms with Crippen LogP contribution in [0.3, 0.4) is 0 Å². The number of hydrogen-bond acceptors (Lipinski definition) is 3. The molecule has 0 fully saturated rings. The molecule has 5 nitrogen and oxygen atoms in total. The Labute approximate surface area is 83.9 Å². The van der Waals surface area contributed by atoms with Crippen molar-refractivity contribution < 1.29 is 19.4 Å². The molecule has 0 aliphatic rings. The van der Waals surface area contributed by atoms with Gasteiger partial charge < -0.3 is 14.6 Å². The molecule has 0 aromatic carbocycles. The Morgan fingerprint density at radius 1 is 1.50 bits per heavy atom. The van der Waals surface area contributed by atoms with Crippen molar-refractivity contribution in [1.82, 2.24) is 4.90 Å². The summed E-state index contributed by atoms with van der Waals surface area (Å²) in [6.07, 6.45) is 2.06. The normalized spacial score (nSPS) is 11.1. The van der Waals surface area contributed by atoms with Crippen molar-refractivity contribution in [2.75, 3.05) is 27.3 Å². The average molecular weight is 203 g/mol. The van der Waals surface area contributed by atoms with Crippen molar-refractivity contribution in [3.05, 3.63) is 12.2 Å². The Hall–Kier alpha value is -1.07. The summed E-state index contributed by atoms with van der Waals surface area (Å²) in [6, 6.07) is 0. The van der Waals surface area contributed by atoms with Gasteiger partial charge in [0.2, 0.25) is 0 Å². The average Bonchev–Trinajstić information content (AvgIpc) is 2.18. The summed E-state index contributed by atoms with van der Waals surface area (Å²) < 4.78 is 9.82. The third kappa shape index (κ3) is 4.84. The molecule has 0 aromatic rings. The largest absolute Gasteiger partial charge is 0.465 e. The van der Waals surface area contributed by atoms with Crippen LogP contribution in [0.1, 0.15) is 6.92 Å². The predicted octanol–water partition coefficient (Wildman–Crippen LogP) is 1.16. The standard InChI is InChI=1S/C9H17NO4/c1-4-5-6-10(9(11)12)7-8(13-2)14-3/h4-5,8H,6-7H2,1-3H3,(H,11,12). The number of rotatable bonds is 6. The van der Waals surface area contributed by atoms with Crippen molar-refractivity contribution in [3.63, 3.8) is 0 Å². The molecule has 0 aromatic heterocycles. The Bertz CT molecular complexity index is 189. The lowest BCUT2D eigenvalue weighted by Gasteiger charge is -2.22.